The summed E-state index contributed by atoms with van der Waals surface area (Å²) in [6.07, 6.45) is -1.19. The monoisotopic (exact) mass is 435 g/mol. The van der Waals surface area contributed by atoms with Crippen LogP contribution in [0.2, 0.25) is 0 Å². The molecule has 4 aromatic carbocycles. The van der Waals surface area contributed by atoms with Gasteiger partial charge >= 0.3 is 5.97 Å². The lowest BCUT2D eigenvalue weighted by Crippen LogP contribution is -2.19. The van der Waals surface area contributed by atoms with Crippen LogP contribution in [0.4, 0.5) is 0 Å². The third-order valence-corrected chi connectivity index (χ3v) is 5.38. The summed E-state index contributed by atoms with van der Waals surface area (Å²) in [4.78, 5) is 13.7. The number of carbonyl (C=O) groups is 1. The van der Waals surface area contributed by atoms with Crippen molar-refractivity contribution in [3.63, 3.8) is 0 Å². The molecule has 0 aliphatic rings. The summed E-state index contributed by atoms with van der Waals surface area (Å²) in [7, 11) is 0. The van der Waals surface area contributed by atoms with E-state index in [0.29, 0.717) is 17.0 Å². The Morgan fingerprint density at radius 3 is 2.18 bits per heavy atom. The van der Waals surface area contributed by atoms with Crippen molar-refractivity contribution in [2.45, 2.75) is 13.0 Å². The van der Waals surface area contributed by atoms with E-state index in [1.54, 1.807) is 12.1 Å². The lowest BCUT2D eigenvalue weighted by Gasteiger charge is -2.18. The number of aromatic nitrogens is 3. The Kier molecular flexibility index (Phi) is 5.32. The van der Waals surface area contributed by atoms with Crippen LogP contribution in [0.3, 0.4) is 0 Å². The van der Waals surface area contributed by atoms with Gasteiger partial charge in [-0.25, -0.2) is 4.79 Å². The van der Waals surface area contributed by atoms with Crippen molar-refractivity contribution in [1.29, 1.82) is 0 Å². The summed E-state index contributed by atoms with van der Waals surface area (Å²) in [5, 5.41) is 19.1. The molecular formula is C27H21N3O3. The minimum Gasteiger partial charge on any atom is -0.478 e. The van der Waals surface area contributed by atoms with Crippen LogP contribution in [0.25, 0.3) is 27.8 Å². The van der Waals surface area contributed by atoms with Crippen LogP contribution >= 0.6 is 0 Å². The number of carboxylic acids is 1. The number of carboxylic acid groups (broad SMARTS) is 1. The maximum Gasteiger partial charge on any atom is 0.349 e. The number of fused-ring (bicyclic) bond motifs is 1. The summed E-state index contributed by atoms with van der Waals surface area (Å²) in [5.41, 5.74) is 5.53. The largest absolute Gasteiger partial charge is 0.478 e. The van der Waals surface area contributed by atoms with Crippen LogP contribution in [0, 0.1) is 6.92 Å². The molecule has 1 aromatic heterocycles. The molecule has 0 aliphatic heterocycles. The molecule has 33 heavy (non-hydrogen) atoms. The Labute approximate surface area is 190 Å². The van der Waals surface area contributed by atoms with Crippen molar-refractivity contribution in [3.05, 3.63) is 108 Å². The van der Waals surface area contributed by atoms with Gasteiger partial charge in [-0.15, -0.1) is 15.0 Å². The first kappa shape index (κ1) is 20.5. The second-order valence-corrected chi connectivity index (χ2v) is 7.78. The molecule has 1 N–H and O–H groups in total. The van der Waals surface area contributed by atoms with E-state index >= 15 is 0 Å². The zero-order valence-electron chi connectivity index (χ0n) is 17.9. The number of benzene rings is 4. The lowest BCUT2D eigenvalue weighted by molar-refractivity contribution is -0.145. The number of rotatable bonds is 6. The van der Waals surface area contributed by atoms with Crippen LogP contribution in [0.1, 0.15) is 17.2 Å². The van der Waals surface area contributed by atoms with Gasteiger partial charge in [-0.2, -0.15) is 0 Å². The van der Waals surface area contributed by atoms with Gasteiger partial charge < -0.3 is 9.84 Å². The lowest BCUT2D eigenvalue weighted by atomic mass is 10.0. The molecule has 0 saturated carbocycles. The van der Waals surface area contributed by atoms with E-state index in [2.05, 4.69) is 10.2 Å². The van der Waals surface area contributed by atoms with Gasteiger partial charge in [0.15, 0.2) is 0 Å². The molecule has 0 saturated heterocycles. The summed E-state index contributed by atoms with van der Waals surface area (Å²) < 4.78 is 6.09. The van der Waals surface area contributed by atoms with Gasteiger partial charge in [0.05, 0.1) is 0 Å². The number of aliphatic carboxylic acids is 1. The second kappa shape index (κ2) is 8.59. The van der Waals surface area contributed by atoms with Crippen LogP contribution in [-0.2, 0) is 4.79 Å². The molecule has 6 nitrogen and oxygen atoms in total. The van der Waals surface area contributed by atoms with E-state index in [0.717, 1.165) is 27.7 Å². The van der Waals surface area contributed by atoms with E-state index in [9.17, 15) is 9.90 Å². The average Bonchev–Trinajstić information content (AvgIpc) is 3.28. The molecule has 162 valence electrons. The van der Waals surface area contributed by atoms with Crippen LogP contribution in [0.15, 0.2) is 97.1 Å². The third-order valence-electron chi connectivity index (χ3n) is 5.38. The molecule has 0 spiro atoms. The van der Waals surface area contributed by atoms with Crippen molar-refractivity contribution in [1.82, 2.24) is 15.0 Å². The topological polar surface area (TPSA) is 77.2 Å². The standard InChI is InChI=1S/C27H21N3O3/c1-18-14-15-25(24(16-18)30-28-22-12-5-6-13-23(22)29-30)33-26(27(31)32)21-11-7-10-20(17-21)19-8-3-2-4-9-19/h2-17,26H,1H3,(H,31,32). The Bertz CT molecular complexity index is 1410. The Morgan fingerprint density at radius 1 is 0.818 bits per heavy atom. The molecule has 5 rings (SSSR count). The first-order chi connectivity index (χ1) is 16.1. The Balaban J connectivity index is 1.54. The van der Waals surface area contributed by atoms with E-state index in [1.807, 2.05) is 91.9 Å². The highest BCUT2D eigenvalue weighted by Gasteiger charge is 2.24. The molecule has 1 atom stereocenters. The molecule has 1 unspecified atom stereocenters. The average molecular weight is 435 g/mol. The molecule has 0 amide bonds. The van der Waals surface area contributed by atoms with Crippen molar-refractivity contribution in [3.8, 4) is 22.6 Å². The number of ether oxygens (including phenoxy) is 1. The normalized spacial score (nSPS) is 11.9. The molecule has 6 heteroatoms. The molecular weight excluding hydrogens is 414 g/mol. The number of hydrogen-bond donors (Lipinski definition) is 1. The predicted octanol–water partition coefficient (Wildman–Crippen LogP) is 5.60. The first-order valence-corrected chi connectivity index (χ1v) is 10.6. The van der Waals surface area contributed by atoms with Crippen molar-refractivity contribution in [2.24, 2.45) is 0 Å². The molecule has 0 fully saturated rings. The van der Waals surface area contributed by atoms with Gasteiger partial charge in [-0.1, -0.05) is 66.7 Å². The van der Waals surface area contributed by atoms with Gasteiger partial charge in [0.2, 0.25) is 6.10 Å². The SMILES string of the molecule is Cc1ccc(OC(C(=O)O)c2cccc(-c3ccccc3)c2)c(-n2nc3ccccc3n2)c1. The molecule has 0 bridgehead atoms. The third kappa shape index (κ3) is 4.19. The van der Waals surface area contributed by atoms with Crippen LogP contribution < -0.4 is 4.74 Å². The molecule has 1 heterocycles. The van der Waals surface area contributed by atoms with Crippen molar-refractivity contribution >= 4 is 17.0 Å². The van der Waals surface area contributed by atoms with E-state index < -0.39 is 12.1 Å². The number of nitrogens with zero attached hydrogens (tertiary/aromatic N) is 3. The Hall–Kier alpha value is -4.45. The predicted molar refractivity (Wildman–Crippen MR) is 126 cm³/mol. The fraction of sp³-hybridized carbons (Fsp3) is 0.0741. The highest BCUT2D eigenvalue weighted by Crippen LogP contribution is 2.31. The van der Waals surface area contributed by atoms with Crippen molar-refractivity contribution in [2.75, 3.05) is 0 Å². The van der Waals surface area contributed by atoms with Crippen LogP contribution in [-0.4, -0.2) is 26.1 Å². The smallest absolute Gasteiger partial charge is 0.349 e. The summed E-state index contributed by atoms with van der Waals surface area (Å²) in [6, 6.07) is 30.3. The minimum absolute atomic E-state index is 0.387. The van der Waals surface area contributed by atoms with Crippen molar-refractivity contribution < 1.29 is 14.6 Å². The molecule has 0 aliphatic carbocycles. The quantitative estimate of drug-likeness (QED) is 0.376. The van der Waals surface area contributed by atoms with Gasteiger partial charge in [-0.05, 0) is 53.9 Å². The first-order valence-electron chi connectivity index (χ1n) is 10.6. The Morgan fingerprint density at radius 2 is 1.48 bits per heavy atom. The van der Waals surface area contributed by atoms with Gasteiger partial charge in [0.1, 0.15) is 22.5 Å². The summed E-state index contributed by atoms with van der Waals surface area (Å²) in [6.45, 7) is 1.95. The van der Waals surface area contributed by atoms with Gasteiger partial charge in [0, 0.05) is 5.56 Å². The molecule has 0 radical (unpaired) electrons. The van der Waals surface area contributed by atoms with E-state index in [4.69, 9.17) is 4.74 Å². The number of hydrogen-bond acceptors (Lipinski definition) is 4. The summed E-state index contributed by atoms with van der Waals surface area (Å²) in [5.74, 6) is -0.691. The fourth-order valence-electron chi connectivity index (χ4n) is 3.75. The second-order valence-electron chi connectivity index (χ2n) is 7.78. The highest BCUT2D eigenvalue weighted by atomic mass is 16.5. The van der Waals surface area contributed by atoms with Crippen LogP contribution in [0.5, 0.6) is 5.75 Å². The zero-order chi connectivity index (χ0) is 22.8. The maximum absolute atomic E-state index is 12.2. The number of aryl methyl sites for hydroxylation is 1. The summed E-state index contributed by atoms with van der Waals surface area (Å²) >= 11 is 0. The van der Waals surface area contributed by atoms with E-state index in [1.165, 1.54) is 4.80 Å². The van der Waals surface area contributed by atoms with Gasteiger partial charge in [-0.3, -0.25) is 0 Å². The van der Waals surface area contributed by atoms with Gasteiger partial charge in [0.25, 0.3) is 0 Å². The highest BCUT2D eigenvalue weighted by molar-refractivity contribution is 5.77. The zero-order valence-corrected chi connectivity index (χ0v) is 17.9. The maximum atomic E-state index is 12.2. The molecule has 5 aromatic rings. The fourth-order valence-corrected chi connectivity index (χ4v) is 3.75. The van der Waals surface area contributed by atoms with E-state index in [-0.39, 0.29) is 0 Å². The minimum atomic E-state index is -1.19.